The van der Waals surface area contributed by atoms with E-state index >= 15 is 0 Å². The molecular weight excluding hydrogens is 402 g/mol. The molecule has 1 aliphatic rings. The number of amides is 1. The number of hydrogen-bond donors (Lipinski definition) is 1. The molecule has 0 bridgehead atoms. The molecule has 1 fully saturated rings. The van der Waals surface area contributed by atoms with Gasteiger partial charge in [-0.25, -0.2) is 0 Å². The third-order valence-electron chi connectivity index (χ3n) is 5.06. The van der Waals surface area contributed by atoms with E-state index in [1.54, 1.807) is 6.07 Å². The number of anilines is 1. The zero-order chi connectivity index (χ0) is 18.8. The number of nitrogens with zero attached hydrogens (tertiary/aromatic N) is 2. The van der Waals surface area contributed by atoms with Gasteiger partial charge in [0.05, 0.1) is 11.1 Å². The maximum Gasteiger partial charge on any atom is 0.256 e. The van der Waals surface area contributed by atoms with Crippen LogP contribution in [0.4, 0.5) is 5.69 Å². The van der Waals surface area contributed by atoms with Crippen LogP contribution in [0.1, 0.15) is 34.3 Å². The van der Waals surface area contributed by atoms with Crippen LogP contribution in [0.2, 0.25) is 0 Å². The molecule has 3 aromatic rings. The summed E-state index contributed by atoms with van der Waals surface area (Å²) in [5.41, 5.74) is 4.58. The third kappa shape index (κ3) is 4.04. The molecule has 0 aliphatic carbocycles. The Labute approximate surface area is 167 Å². The van der Waals surface area contributed by atoms with Gasteiger partial charge in [0.15, 0.2) is 0 Å². The Balaban J connectivity index is 1.58. The van der Waals surface area contributed by atoms with Crippen LogP contribution in [-0.2, 0) is 6.54 Å². The lowest BCUT2D eigenvalue weighted by Gasteiger charge is -2.15. The predicted octanol–water partition coefficient (Wildman–Crippen LogP) is 5.15. The molecule has 0 unspecified atom stereocenters. The van der Waals surface area contributed by atoms with Crippen molar-refractivity contribution in [3.8, 4) is 0 Å². The lowest BCUT2D eigenvalue weighted by molar-refractivity contribution is 0.102. The Morgan fingerprint density at radius 2 is 1.96 bits per heavy atom. The summed E-state index contributed by atoms with van der Waals surface area (Å²) in [5.74, 6) is -0.129. The Hall–Kier alpha value is -2.24. The van der Waals surface area contributed by atoms with Crippen LogP contribution in [0.15, 0.2) is 53.1 Å². The maximum atomic E-state index is 12.6. The fraction of sp³-hybridized carbons (Fsp3) is 0.273. The van der Waals surface area contributed by atoms with Crippen molar-refractivity contribution < 1.29 is 4.79 Å². The van der Waals surface area contributed by atoms with Crippen LogP contribution in [0.3, 0.4) is 0 Å². The van der Waals surface area contributed by atoms with E-state index in [4.69, 9.17) is 0 Å². The number of fused-ring (bicyclic) bond motifs is 1. The number of rotatable bonds is 4. The molecule has 1 aromatic heterocycles. The number of nitrogens with one attached hydrogen (secondary N) is 1. The first-order valence-corrected chi connectivity index (χ1v) is 10.1. The van der Waals surface area contributed by atoms with E-state index in [0.717, 1.165) is 33.2 Å². The van der Waals surface area contributed by atoms with Crippen molar-refractivity contribution in [2.45, 2.75) is 26.3 Å². The summed E-state index contributed by atoms with van der Waals surface area (Å²) < 4.78 is 0.783. The number of aryl methyl sites for hydroxylation is 1. The molecule has 0 spiro atoms. The van der Waals surface area contributed by atoms with Crippen molar-refractivity contribution in [1.29, 1.82) is 0 Å². The van der Waals surface area contributed by atoms with E-state index in [9.17, 15) is 4.79 Å². The molecular formula is C22H22BrN3O. The second kappa shape index (κ2) is 7.79. The van der Waals surface area contributed by atoms with Gasteiger partial charge >= 0.3 is 0 Å². The highest BCUT2D eigenvalue weighted by Crippen LogP contribution is 2.25. The standard InChI is InChI=1S/C22H22BrN3O/c1-15-10-17-11-16(14-26-8-4-5-9-26)13-24-21(17)12-20(15)25-22(27)18-6-2-3-7-19(18)23/h2-3,6-7,10-13H,4-5,8-9,14H2,1H3,(H,25,27). The van der Waals surface area contributed by atoms with Gasteiger partial charge in [0, 0.05) is 28.3 Å². The second-order valence-corrected chi connectivity index (χ2v) is 7.97. The number of carbonyl (C=O) groups is 1. The fourth-order valence-electron chi connectivity index (χ4n) is 3.59. The first-order chi connectivity index (χ1) is 13.1. The average Bonchev–Trinajstić information content (AvgIpc) is 3.16. The van der Waals surface area contributed by atoms with E-state index in [1.165, 1.54) is 31.5 Å². The number of pyridine rings is 1. The first-order valence-electron chi connectivity index (χ1n) is 9.28. The first kappa shape index (κ1) is 18.1. The number of carbonyl (C=O) groups excluding carboxylic acids is 1. The van der Waals surface area contributed by atoms with Gasteiger partial charge in [0.2, 0.25) is 0 Å². The zero-order valence-electron chi connectivity index (χ0n) is 15.3. The molecule has 2 heterocycles. The van der Waals surface area contributed by atoms with Crippen LogP contribution >= 0.6 is 15.9 Å². The normalized spacial score (nSPS) is 14.6. The summed E-state index contributed by atoms with van der Waals surface area (Å²) in [6, 6.07) is 13.7. The van der Waals surface area contributed by atoms with Gasteiger partial charge in [-0.2, -0.15) is 0 Å². The fourth-order valence-corrected chi connectivity index (χ4v) is 4.06. The molecule has 1 aliphatic heterocycles. The number of hydrogen-bond acceptors (Lipinski definition) is 3. The molecule has 1 amide bonds. The summed E-state index contributed by atoms with van der Waals surface area (Å²) in [4.78, 5) is 19.7. The molecule has 0 atom stereocenters. The molecule has 27 heavy (non-hydrogen) atoms. The van der Waals surface area contributed by atoms with Gasteiger partial charge in [-0.15, -0.1) is 0 Å². The van der Waals surface area contributed by atoms with E-state index in [2.05, 4.69) is 43.3 Å². The topological polar surface area (TPSA) is 45.2 Å². The molecule has 138 valence electrons. The predicted molar refractivity (Wildman–Crippen MR) is 113 cm³/mol. The van der Waals surface area contributed by atoms with Crippen molar-refractivity contribution >= 4 is 38.4 Å². The smallest absolute Gasteiger partial charge is 0.256 e. The molecule has 0 radical (unpaired) electrons. The summed E-state index contributed by atoms with van der Waals surface area (Å²) in [7, 11) is 0. The van der Waals surface area contributed by atoms with E-state index in [-0.39, 0.29) is 5.91 Å². The van der Waals surface area contributed by atoms with Gasteiger partial charge in [-0.05, 0) is 90.2 Å². The minimum Gasteiger partial charge on any atom is -0.322 e. The minimum atomic E-state index is -0.129. The number of likely N-dealkylation sites (tertiary alicyclic amines) is 1. The SMILES string of the molecule is Cc1cc2cc(CN3CCCC3)cnc2cc1NC(=O)c1ccccc1Br. The lowest BCUT2D eigenvalue weighted by Crippen LogP contribution is -2.18. The van der Waals surface area contributed by atoms with Gasteiger partial charge in [-0.3, -0.25) is 14.7 Å². The number of aromatic nitrogens is 1. The Kier molecular flexibility index (Phi) is 5.23. The number of benzene rings is 2. The molecule has 2 aromatic carbocycles. The molecule has 5 heteroatoms. The van der Waals surface area contributed by atoms with Crippen molar-refractivity contribution in [2.75, 3.05) is 18.4 Å². The molecule has 1 N–H and O–H groups in total. The van der Waals surface area contributed by atoms with Crippen molar-refractivity contribution in [1.82, 2.24) is 9.88 Å². The van der Waals surface area contributed by atoms with Crippen LogP contribution in [0.5, 0.6) is 0 Å². The van der Waals surface area contributed by atoms with Crippen LogP contribution in [-0.4, -0.2) is 28.9 Å². The summed E-state index contributed by atoms with van der Waals surface area (Å²) in [5, 5.41) is 4.13. The van der Waals surface area contributed by atoms with Crippen LogP contribution in [0, 0.1) is 6.92 Å². The van der Waals surface area contributed by atoms with Gasteiger partial charge in [-0.1, -0.05) is 12.1 Å². The van der Waals surface area contributed by atoms with Crippen molar-refractivity contribution in [2.24, 2.45) is 0 Å². The Morgan fingerprint density at radius 3 is 2.74 bits per heavy atom. The molecule has 1 saturated heterocycles. The Morgan fingerprint density at radius 1 is 1.19 bits per heavy atom. The van der Waals surface area contributed by atoms with Crippen molar-refractivity contribution in [3.05, 3.63) is 69.8 Å². The Bertz CT molecular complexity index is 996. The summed E-state index contributed by atoms with van der Waals surface area (Å²) >= 11 is 3.44. The van der Waals surface area contributed by atoms with E-state index in [0.29, 0.717) is 5.56 Å². The highest BCUT2D eigenvalue weighted by molar-refractivity contribution is 9.10. The second-order valence-electron chi connectivity index (χ2n) is 7.12. The molecule has 4 nitrogen and oxygen atoms in total. The molecule has 4 rings (SSSR count). The monoisotopic (exact) mass is 423 g/mol. The summed E-state index contributed by atoms with van der Waals surface area (Å²) in [6.07, 6.45) is 4.54. The maximum absolute atomic E-state index is 12.6. The minimum absolute atomic E-state index is 0.129. The van der Waals surface area contributed by atoms with E-state index < -0.39 is 0 Å². The quantitative estimate of drug-likeness (QED) is 0.630. The van der Waals surface area contributed by atoms with E-state index in [1.807, 2.05) is 37.4 Å². The van der Waals surface area contributed by atoms with Gasteiger partial charge in [0.25, 0.3) is 5.91 Å². The van der Waals surface area contributed by atoms with Crippen LogP contribution in [0.25, 0.3) is 10.9 Å². The highest BCUT2D eigenvalue weighted by Gasteiger charge is 2.14. The highest BCUT2D eigenvalue weighted by atomic mass is 79.9. The lowest BCUT2D eigenvalue weighted by atomic mass is 10.1. The van der Waals surface area contributed by atoms with Gasteiger partial charge < -0.3 is 5.32 Å². The summed E-state index contributed by atoms with van der Waals surface area (Å²) in [6.45, 7) is 5.33. The van der Waals surface area contributed by atoms with Gasteiger partial charge in [0.1, 0.15) is 0 Å². The molecule has 0 saturated carbocycles. The third-order valence-corrected chi connectivity index (χ3v) is 5.75. The number of halogens is 1. The zero-order valence-corrected chi connectivity index (χ0v) is 16.9. The van der Waals surface area contributed by atoms with Crippen molar-refractivity contribution in [3.63, 3.8) is 0 Å². The van der Waals surface area contributed by atoms with Crippen LogP contribution < -0.4 is 5.32 Å². The largest absolute Gasteiger partial charge is 0.322 e. The average molecular weight is 424 g/mol.